The first-order valence-electron chi connectivity index (χ1n) is 7.24. The normalized spacial score (nSPS) is 11.5. The molecule has 21 heavy (non-hydrogen) atoms. The smallest absolute Gasteiger partial charge is 0.193 e. The summed E-state index contributed by atoms with van der Waals surface area (Å²) in [5, 5.41) is 1.07. The first-order chi connectivity index (χ1) is 9.66. The highest BCUT2D eigenvalue weighted by Gasteiger charge is 2.14. The van der Waals surface area contributed by atoms with Crippen molar-refractivity contribution in [2.75, 3.05) is 0 Å². The summed E-state index contributed by atoms with van der Waals surface area (Å²) in [5.74, 6) is 7.31. The molecule has 3 heteroatoms. The number of fused-ring (bicyclic) bond motifs is 1. The van der Waals surface area contributed by atoms with Crippen LogP contribution in [0.25, 0.3) is 11.0 Å². The fraction of sp³-hybridized carbons (Fsp3) is 0.333. The zero-order valence-electron chi connectivity index (χ0n) is 13.7. The molecular weight excluding hydrogens is 288 g/mol. The van der Waals surface area contributed by atoms with Gasteiger partial charge in [-0.15, -0.1) is 11.1 Å². The fourth-order valence-electron chi connectivity index (χ4n) is 1.75. The van der Waals surface area contributed by atoms with E-state index in [0.717, 1.165) is 22.3 Å². The molecule has 1 aromatic heterocycles. The molecule has 1 heterocycles. The highest BCUT2D eigenvalue weighted by molar-refractivity contribution is 6.84. The molecule has 0 saturated carbocycles. The third-order valence-corrected chi connectivity index (χ3v) is 4.46. The van der Waals surface area contributed by atoms with Crippen molar-refractivity contribution in [3.63, 3.8) is 0 Å². The lowest BCUT2D eigenvalue weighted by atomic mass is 10.1. The van der Waals surface area contributed by atoms with E-state index in [0.29, 0.717) is 0 Å². The molecule has 0 amide bonds. The van der Waals surface area contributed by atoms with Crippen LogP contribution in [0, 0.1) is 22.9 Å². The summed E-state index contributed by atoms with van der Waals surface area (Å²) in [6.07, 6.45) is 0. The Labute approximate surface area is 129 Å². The van der Waals surface area contributed by atoms with E-state index in [9.17, 15) is 0 Å². The van der Waals surface area contributed by atoms with Crippen molar-refractivity contribution >= 4 is 27.1 Å². The van der Waals surface area contributed by atoms with Crippen LogP contribution in [0.5, 0.6) is 0 Å². The van der Waals surface area contributed by atoms with Gasteiger partial charge in [0.15, 0.2) is 5.76 Å². The molecule has 0 fully saturated rings. The van der Waals surface area contributed by atoms with E-state index < -0.39 is 16.1 Å². The van der Waals surface area contributed by atoms with Gasteiger partial charge in [0, 0.05) is 5.39 Å². The van der Waals surface area contributed by atoms with Gasteiger partial charge in [-0.2, -0.15) is 0 Å². The van der Waals surface area contributed by atoms with Gasteiger partial charge < -0.3 is 4.42 Å². The van der Waals surface area contributed by atoms with E-state index in [2.05, 4.69) is 68.3 Å². The summed E-state index contributed by atoms with van der Waals surface area (Å²) in [6, 6.07) is 8.05. The number of hydrogen-bond acceptors (Lipinski definition) is 1. The van der Waals surface area contributed by atoms with Crippen molar-refractivity contribution in [3.05, 3.63) is 35.6 Å². The van der Waals surface area contributed by atoms with E-state index in [1.165, 1.54) is 0 Å². The monoisotopic (exact) mass is 310 g/mol. The Balaban J connectivity index is 2.63. The molecule has 0 aliphatic carbocycles. The van der Waals surface area contributed by atoms with Crippen molar-refractivity contribution in [3.8, 4) is 22.9 Å². The van der Waals surface area contributed by atoms with E-state index in [1.54, 1.807) is 0 Å². The average molecular weight is 311 g/mol. The van der Waals surface area contributed by atoms with E-state index in [1.807, 2.05) is 18.2 Å². The number of furan rings is 1. The van der Waals surface area contributed by atoms with Crippen LogP contribution in [-0.2, 0) is 0 Å². The summed E-state index contributed by atoms with van der Waals surface area (Å²) in [5.41, 5.74) is 8.63. The quantitative estimate of drug-likeness (QED) is 0.499. The Morgan fingerprint density at radius 1 is 0.810 bits per heavy atom. The van der Waals surface area contributed by atoms with Gasteiger partial charge in [-0.3, -0.25) is 0 Å². The minimum atomic E-state index is -1.43. The summed E-state index contributed by atoms with van der Waals surface area (Å²) >= 11 is 0. The molecule has 1 aromatic carbocycles. The van der Waals surface area contributed by atoms with Crippen LogP contribution >= 0.6 is 0 Å². The Hall–Kier alpha value is -1.69. The Morgan fingerprint density at radius 2 is 1.38 bits per heavy atom. The van der Waals surface area contributed by atoms with Crippen LogP contribution in [0.2, 0.25) is 39.3 Å². The zero-order valence-corrected chi connectivity index (χ0v) is 15.7. The molecule has 0 aliphatic rings. The molecule has 108 valence electrons. The van der Waals surface area contributed by atoms with Gasteiger partial charge in [0.2, 0.25) is 0 Å². The SMILES string of the molecule is C[Si](C)(C)C#Cc1oc2ccccc2c1C#C[Si](C)(C)C. The second kappa shape index (κ2) is 5.60. The third-order valence-electron chi connectivity index (χ3n) is 2.71. The van der Waals surface area contributed by atoms with Crippen LogP contribution in [0.1, 0.15) is 11.3 Å². The largest absolute Gasteiger partial charge is 0.446 e. The van der Waals surface area contributed by atoms with Crippen LogP contribution in [-0.4, -0.2) is 16.1 Å². The molecule has 0 radical (unpaired) electrons. The lowest BCUT2D eigenvalue weighted by molar-refractivity contribution is 0.600. The molecule has 0 saturated heterocycles. The molecule has 2 rings (SSSR count). The van der Waals surface area contributed by atoms with Gasteiger partial charge in [-0.25, -0.2) is 0 Å². The highest BCUT2D eigenvalue weighted by Crippen LogP contribution is 2.24. The van der Waals surface area contributed by atoms with E-state index in [4.69, 9.17) is 4.42 Å². The van der Waals surface area contributed by atoms with Crippen LogP contribution in [0.4, 0.5) is 0 Å². The second-order valence-electron chi connectivity index (χ2n) is 7.30. The Kier molecular flexibility index (Phi) is 4.19. The molecular formula is C18H22OSi2. The summed E-state index contributed by atoms with van der Waals surface area (Å²) in [7, 11) is -2.86. The van der Waals surface area contributed by atoms with Gasteiger partial charge in [-0.05, 0) is 18.1 Å². The van der Waals surface area contributed by atoms with E-state index >= 15 is 0 Å². The van der Waals surface area contributed by atoms with Crippen molar-refractivity contribution in [2.24, 2.45) is 0 Å². The van der Waals surface area contributed by atoms with Crippen molar-refractivity contribution in [2.45, 2.75) is 39.3 Å². The standard InChI is InChI=1S/C18H22OSi2/c1-20(2,3)13-11-16-15-9-7-8-10-17(15)19-18(16)12-14-21(4,5)6/h7-10H,1-6H3. The van der Waals surface area contributed by atoms with E-state index in [-0.39, 0.29) is 0 Å². The van der Waals surface area contributed by atoms with Gasteiger partial charge in [0.1, 0.15) is 21.7 Å². The predicted molar refractivity (Wildman–Crippen MR) is 96.7 cm³/mol. The molecule has 2 aromatic rings. The molecule has 0 unspecified atom stereocenters. The topological polar surface area (TPSA) is 13.1 Å². The second-order valence-corrected chi connectivity index (χ2v) is 16.8. The maximum absolute atomic E-state index is 5.92. The molecule has 0 spiro atoms. The van der Waals surface area contributed by atoms with Gasteiger partial charge in [0.25, 0.3) is 0 Å². The first-order valence-corrected chi connectivity index (χ1v) is 14.2. The minimum absolute atomic E-state index is 0.726. The number of rotatable bonds is 0. The lowest BCUT2D eigenvalue weighted by Crippen LogP contribution is -2.16. The maximum Gasteiger partial charge on any atom is 0.193 e. The molecule has 0 bridgehead atoms. The first kappa shape index (κ1) is 15.7. The molecule has 0 atom stereocenters. The summed E-state index contributed by atoms with van der Waals surface area (Å²) in [6.45, 7) is 13.4. The predicted octanol–water partition coefficient (Wildman–Crippen LogP) is 4.89. The molecule has 1 nitrogen and oxygen atoms in total. The number of para-hydroxylation sites is 1. The molecule has 0 aliphatic heterocycles. The van der Waals surface area contributed by atoms with Crippen LogP contribution < -0.4 is 0 Å². The third kappa shape index (κ3) is 4.39. The molecule has 0 N–H and O–H groups in total. The Bertz CT molecular complexity index is 778. The van der Waals surface area contributed by atoms with Gasteiger partial charge >= 0.3 is 0 Å². The Morgan fingerprint density at radius 3 is 2.00 bits per heavy atom. The van der Waals surface area contributed by atoms with Gasteiger partial charge in [0.05, 0.1) is 5.56 Å². The number of hydrogen-bond donors (Lipinski definition) is 0. The fourth-order valence-corrected chi connectivity index (χ4v) is 2.74. The summed E-state index contributed by atoms with van der Waals surface area (Å²) in [4.78, 5) is 0. The highest BCUT2D eigenvalue weighted by atomic mass is 28.3. The zero-order chi connectivity index (χ0) is 15.7. The van der Waals surface area contributed by atoms with Crippen LogP contribution in [0.3, 0.4) is 0 Å². The maximum atomic E-state index is 5.92. The van der Waals surface area contributed by atoms with Crippen molar-refractivity contribution in [1.29, 1.82) is 0 Å². The summed E-state index contributed by atoms with van der Waals surface area (Å²) < 4.78 is 5.92. The lowest BCUT2D eigenvalue weighted by Gasteiger charge is -2.03. The minimum Gasteiger partial charge on any atom is -0.446 e. The average Bonchev–Trinajstić information content (AvgIpc) is 2.70. The van der Waals surface area contributed by atoms with Crippen LogP contribution in [0.15, 0.2) is 28.7 Å². The number of benzene rings is 1. The van der Waals surface area contributed by atoms with Crippen molar-refractivity contribution < 1.29 is 4.42 Å². The van der Waals surface area contributed by atoms with Gasteiger partial charge in [-0.1, -0.05) is 57.3 Å². The van der Waals surface area contributed by atoms with Crippen molar-refractivity contribution in [1.82, 2.24) is 0 Å².